The van der Waals surface area contributed by atoms with Gasteiger partial charge in [-0.05, 0) is 14.0 Å². The molecule has 2 atom stereocenters. The Bertz CT molecular complexity index is 431. The molecule has 4 nitrogen and oxygen atoms in total. The summed E-state index contributed by atoms with van der Waals surface area (Å²) in [5, 5.41) is 2.62. The summed E-state index contributed by atoms with van der Waals surface area (Å²) in [6.07, 6.45) is 0. The third-order valence-corrected chi connectivity index (χ3v) is 3.35. The minimum absolute atomic E-state index is 0.00814. The first kappa shape index (κ1) is 15.4. The van der Waals surface area contributed by atoms with E-state index in [1.54, 1.807) is 7.05 Å². The van der Waals surface area contributed by atoms with Crippen LogP contribution >= 0.6 is 0 Å². The van der Waals surface area contributed by atoms with Gasteiger partial charge in [-0.25, -0.2) is 0 Å². The number of Topliss-reactive ketones (excluding diaryl/α,β-unsaturated/α-hetero) is 1. The summed E-state index contributed by atoms with van der Waals surface area (Å²) in [6, 6.07) is 8.98. The fourth-order valence-electron chi connectivity index (χ4n) is 1.96. The quantitative estimate of drug-likeness (QED) is 0.792. The molecule has 4 heteroatoms. The van der Waals surface area contributed by atoms with Crippen molar-refractivity contribution in [2.45, 2.75) is 19.9 Å². The molecule has 0 aliphatic carbocycles. The number of nitrogens with one attached hydrogen (secondary N) is 1. The zero-order valence-corrected chi connectivity index (χ0v) is 12.0. The van der Waals surface area contributed by atoms with Crippen molar-refractivity contribution in [3.63, 3.8) is 0 Å². The SMILES string of the molecule is CNC(=O)C(C)CN(C)C(C)C(=O)c1ccccc1. The standard InChI is InChI=1S/C15H22N2O2/c1-11(15(19)16-3)10-17(4)12(2)14(18)13-8-6-5-7-9-13/h5-9,11-12H,10H2,1-4H3,(H,16,19). The number of amides is 1. The van der Waals surface area contributed by atoms with E-state index in [-0.39, 0.29) is 23.7 Å². The van der Waals surface area contributed by atoms with Gasteiger partial charge in [0.2, 0.25) is 5.91 Å². The molecule has 2 unspecified atom stereocenters. The van der Waals surface area contributed by atoms with Crippen molar-refractivity contribution < 1.29 is 9.59 Å². The van der Waals surface area contributed by atoms with Crippen molar-refractivity contribution in [2.75, 3.05) is 20.6 Å². The maximum absolute atomic E-state index is 12.3. The van der Waals surface area contributed by atoms with Crippen molar-refractivity contribution in [1.82, 2.24) is 10.2 Å². The number of nitrogens with zero attached hydrogens (tertiary/aromatic N) is 1. The van der Waals surface area contributed by atoms with E-state index in [0.29, 0.717) is 12.1 Å². The molecule has 0 aliphatic heterocycles. The predicted molar refractivity (Wildman–Crippen MR) is 76.1 cm³/mol. The average molecular weight is 262 g/mol. The summed E-state index contributed by atoms with van der Waals surface area (Å²) in [5.74, 6) is -0.0700. The summed E-state index contributed by atoms with van der Waals surface area (Å²) in [5.41, 5.74) is 0.703. The lowest BCUT2D eigenvalue weighted by Gasteiger charge is -2.26. The number of likely N-dealkylation sites (N-methyl/N-ethyl adjacent to an activating group) is 1. The molecule has 0 bridgehead atoms. The van der Waals surface area contributed by atoms with E-state index in [1.807, 2.05) is 56.1 Å². The van der Waals surface area contributed by atoms with E-state index in [9.17, 15) is 9.59 Å². The lowest BCUT2D eigenvalue weighted by Crippen LogP contribution is -2.41. The average Bonchev–Trinajstić information content (AvgIpc) is 2.45. The summed E-state index contributed by atoms with van der Waals surface area (Å²) in [4.78, 5) is 25.7. The molecule has 0 radical (unpaired) electrons. The van der Waals surface area contributed by atoms with Gasteiger partial charge in [-0.2, -0.15) is 0 Å². The third kappa shape index (κ3) is 4.17. The minimum atomic E-state index is -0.241. The minimum Gasteiger partial charge on any atom is -0.359 e. The molecule has 1 rings (SSSR count). The largest absolute Gasteiger partial charge is 0.359 e. The van der Waals surface area contributed by atoms with Gasteiger partial charge in [-0.3, -0.25) is 14.5 Å². The summed E-state index contributed by atoms with van der Waals surface area (Å²) in [6.45, 7) is 4.28. The Morgan fingerprint density at radius 1 is 1.21 bits per heavy atom. The van der Waals surface area contributed by atoms with Gasteiger partial charge in [0.15, 0.2) is 5.78 Å². The van der Waals surface area contributed by atoms with Crippen molar-refractivity contribution in [3.05, 3.63) is 35.9 Å². The van der Waals surface area contributed by atoms with Crippen LogP contribution in [0.3, 0.4) is 0 Å². The summed E-state index contributed by atoms with van der Waals surface area (Å²) < 4.78 is 0. The van der Waals surface area contributed by atoms with Crippen LogP contribution in [0.2, 0.25) is 0 Å². The van der Waals surface area contributed by atoms with Gasteiger partial charge in [0.25, 0.3) is 0 Å². The van der Waals surface area contributed by atoms with Crippen molar-refractivity contribution in [1.29, 1.82) is 0 Å². The van der Waals surface area contributed by atoms with Gasteiger partial charge < -0.3 is 5.32 Å². The van der Waals surface area contributed by atoms with Gasteiger partial charge in [0.05, 0.1) is 6.04 Å². The normalized spacial score (nSPS) is 13.9. The molecule has 0 spiro atoms. The number of benzene rings is 1. The van der Waals surface area contributed by atoms with Crippen molar-refractivity contribution >= 4 is 11.7 Å². The second-order valence-corrected chi connectivity index (χ2v) is 4.86. The number of carbonyl (C=O) groups excluding carboxylic acids is 2. The second-order valence-electron chi connectivity index (χ2n) is 4.86. The predicted octanol–water partition coefficient (Wildman–Crippen LogP) is 1.57. The molecule has 1 amide bonds. The molecule has 0 heterocycles. The van der Waals surface area contributed by atoms with Crippen LogP contribution in [0.25, 0.3) is 0 Å². The highest BCUT2D eigenvalue weighted by molar-refractivity contribution is 5.99. The first-order valence-electron chi connectivity index (χ1n) is 6.48. The van der Waals surface area contributed by atoms with Crippen molar-refractivity contribution in [3.8, 4) is 0 Å². The van der Waals surface area contributed by atoms with Crippen LogP contribution in [0, 0.1) is 5.92 Å². The molecule has 0 aliphatic rings. The number of rotatable bonds is 6. The van der Waals surface area contributed by atoms with Crippen LogP contribution in [-0.4, -0.2) is 43.3 Å². The Hall–Kier alpha value is -1.68. The second kappa shape index (κ2) is 7.04. The first-order chi connectivity index (χ1) is 8.97. The van der Waals surface area contributed by atoms with Crippen molar-refractivity contribution in [2.24, 2.45) is 5.92 Å². The smallest absolute Gasteiger partial charge is 0.223 e. The molecule has 104 valence electrons. The van der Waals surface area contributed by atoms with Crippen LogP contribution in [0.1, 0.15) is 24.2 Å². The lowest BCUT2D eigenvalue weighted by atomic mass is 10.0. The number of ketones is 1. The monoisotopic (exact) mass is 262 g/mol. The lowest BCUT2D eigenvalue weighted by molar-refractivity contribution is -0.124. The topological polar surface area (TPSA) is 49.4 Å². The molecular weight excluding hydrogens is 240 g/mol. The highest BCUT2D eigenvalue weighted by atomic mass is 16.2. The van der Waals surface area contributed by atoms with Crippen LogP contribution in [0.15, 0.2) is 30.3 Å². The van der Waals surface area contributed by atoms with E-state index in [2.05, 4.69) is 5.32 Å². The Morgan fingerprint density at radius 2 is 1.79 bits per heavy atom. The fraction of sp³-hybridized carbons (Fsp3) is 0.467. The van der Waals surface area contributed by atoms with Gasteiger partial charge in [-0.15, -0.1) is 0 Å². The molecular formula is C15H22N2O2. The fourth-order valence-corrected chi connectivity index (χ4v) is 1.96. The Labute approximate surface area is 114 Å². The molecule has 0 saturated carbocycles. The Morgan fingerprint density at radius 3 is 2.32 bits per heavy atom. The van der Waals surface area contributed by atoms with Crippen LogP contribution < -0.4 is 5.32 Å². The zero-order chi connectivity index (χ0) is 14.4. The van der Waals surface area contributed by atoms with Crippen LogP contribution in [0.5, 0.6) is 0 Å². The molecule has 1 aromatic rings. The summed E-state index contributed by atoms with van der Waals surface area (Å²) in [7, 11) is 3.49. The zero-order valence-electron chi connectivity index (χ0n) is 12.0. The van der Waals surface area contributed by atoms with E-state index in [0.717, 1.165) is 0 Å². The maximum atomic E-state index is 12.3. The van der Waals surface area contributed by atoms with Crippen LogP contribution in [-0.2, 0) is 4.79 Å². The molecule has 1 N–H and O–H groups in total. The molecule has 19 heavy (non-hydrogen) atoms. The van der Waals surface area contributed by atoms with E-state index in [1.165, 1.54) is 0 Å². The molecule has 0 saturated heterocycles. The Kier molecular flexibility index (Phi) is 5.70. The highest BCUT2D eigenvalue weighted by Crippen LogP contribution is 2.09. The summed E-state index contributed by atoms with van der Waals surface area (Å²) >= 11 is 0. The van der Waals surface area contributed by atoms with Gasteiger partial charge in [0.1, 0.15) is 0 Å². The van der Waals surface area contributed by atoms with Gasteiger partial charge in [0, 0.05) is 25.1 Å². The van der Waals surface area contributed by atoms with E-state index >= 15 is 0 Å². The first-order valence-corrected chi connectivity index (χ1v) is 6.48. The number of hydrogen-bond donors (Lipinski definition) is 1. The Balaban J connectivity index is 2.64. The highest BCUT2D eigenvalue weighted by Gasteiger charge is 2.22. The maximum Gasteiger partial charge on any atom is 0.223 e. The third-order valence-electron chi connectivity index (χ3n) is 3.35. The molecule has 0 aromatic heterocycles. The molecule has 1 aromatic carbocycles. The number of carbonyl (C=O) groups is 2. The van der Waals surface area contributed by atoms with E-state index in [4.69, 9.17) is 0 Å². The van der Waals surface area contributed by atoms with E-state index < -0.39 is 0 Å². The molecule has 0 fully saturated rings. The van der Waals surface area contributed by atoms with Crippen LogP contribution in [0.4, 0.5) is 0 Å². The number of hydrogen-bond acceptors (Lipinski definition) is 3. The van der Waals surface area contributed by atoms with Gasteiger partial charge >= 0.3 is 0 Å². The van der Waals surface area contributed by atoms with Gasteiger partial charge in [-0.1, -0.05) is 37.3 Å².